The van der Waals surface area contributed by atoms with Crippen LogP contribution in [0, 0.1) is 23.7 Å². The number of carbonyl (C=O) groups excluding carboxylic acids is 4. The Morgan fingerprint density at radius 3 is 1.43 bits per heavy atom. The van der Waals surface area contributed by atoms with Crippen molar-refractivity contribution < 1.29 is 28.7 Å². The molecule has 28 heavy (non-hydrogen) atoms. The lowest BCUT2D eigenvalue weighted by atomic mass is 9.93. The van der Waals surface area contributed by atoms with E-state index in [1.165, 1.54) is 24.3 Å². The molecule has 1 heterocycles. The molecule has 0 saturated carbocycles. The first-order chi connectivity index (χ1) is 13.3. The van der Waals surface area contributed by atoms with Crippen molar-refractivity contribution in [3.05, 3.63) is 48.6 Å². The highest BCUT2D eigenvalue weighted by Crippen LogP contribution is 2.19. The van der Waals surface area contributed by atoms with Crippen molar-refractivity contribution in [2.75, 3.05) is 0 Å². The molecule has 0 saturated heterocycles. The van der Waals surface area contributed by atoms with E-state index in [0.29, 0.717) is 0 Å². The zero-order valence-corrected chi connectivity index (χ0v) is 16.7. The van der Waals surface area contributed by atoms with Gasteiger partial charge in [0.2, 0.25) is 0 Å². The van der Waals surface area contributed by atoms with E-state index in [2.05, 4.69) is 0 Å². The number of hydrogen-bond donors (Lipinski definition) is 0. The third kappa shape index (κ3) is 7.47. The van der Waals surface area contributed by atoms with Crippen LogP contribution in [0.3, 0.4) is 0 Å². The van der Waals surface area contributed by atoms with E-state index in [9.17, 15) is 19.2 Å². The van der Waals surface area contributed by atoms with Crippen LogP contribution >= 0.6 is 0 Å². The van der Waals surface area contributed by atoms with Gasteiger partial charge in [-0.05, 0) is 0 Å². The van der Waals surface area contributed by atoms with Gasteiger partial charge in [-0.3, -0.25) is 0 Å². The molecule has 0 aromatic rings. The molecule has 1 aliphatic heterocycles. The van der Waals surface area contributed by atoms with Crippen LogP contribution in [0.2, 0.25) is 0 Å². The number of aldehydes is 2. The highest BCUT2D eigenvalue weighted by molar-refractivity contribution is 5.83. The predicted octanol–water partition coefficient (Wildman–Crippen LogP) is 2.99. The van der Waals surface area contributed by atoms with E-state index >= 15 is 0 Å². The molecule has 6 nitrogen and oxygen atoms in total. The molecule has 0 amide bonds. The topological polar surface area (TPSA) is 86.7 Å². The second kappa shape index (κ2) is 11.8. The van der Waals surface area contributed by atoms with Gasteiger partial charge in [0, 0.05) is 35.8 Å². The molecule has 0 bridgehead atoms. The SMILES string of the molecule is C[C@@H](C=O)[C@H]1OC(=O)/C=C/C=C/[C@H](C)[C@@H]([C@@H](C)C=O)OC(=O)/C=C/C=C/[C@@H]1C. The van der Waals surface area contributed by atoms with E-state index in [-0.39, 0.29) is 11.8 Å². The van der Waals surface area contributed by atoms with Gasteiger partial charge in [-0.15, -0.1) is 0 Å². The van der Waals surface area contributed by atoms with Crippen molar-refractivity contribution in [1.82, 2.24) is 0 Å². The summed E-state index contributed by atoms with van der Waals surface area (Å²) in [6.07, 6.45) is 12.5. The van der Waals surface area contributed by atoms with Gasteiger partial charge in [0.1, 0.15) is 24.8 Å². The standard InChI is InChI=1S/C22H28O6/c1-15-9-5-7-11-20(26)28-22(18(4)14-24)16(2)10-6-8-12-19(25)27-21(15)17(3)13-23/h5-18,21-22H,1-4H3/b9-5+,10-6+,11-7+,12-8+/t15-,16-,17-,18-,21-,22-/m0/s1. The van der Waals surface area contributed by atoms with Gasteiger partial charge < -0.3 is 19.1 Å². The second-order valence-corrected chi connectivity index (χ2v) is 7.00. The van der Waals surface area contributed by atoms with E-state index < -0.39 is 36.0 Å². The Balaban J connectivity index is 3.15. The number of cyclic esters (lactones) is 2. The van der Waals surface area contributed by atoms with Gasteiger partial charge in [0.15, 0.2) is 0 Å². The number of ether oxygens (including phenoxy) is 2. The Bertz CT molecular complexity index is 615. The summed E-state index contributed by atoms with van der Waals surface area (Å²) in [6.45, 7) is 6.99. The van der Waals surface area contributed by atoms with E-state index in [0.717, 1.165) is 12.6 Å². The molecule has 0 aliphatic carbocycles. The summed E-state index contributed by atoms with van der Waals surface area (Å²) in [5.41, 5.74) is 0. The number of hydrogen-bond acceptors (Lipinski definition) is 6. The van der Waals surface area contributed by atoms with Gasteiger partial charge in [-0.1, -0.05) is 64.2 Å². The molecule has 1 rings (SSSR count). The molecule has 0 fully saturated rings. The van der Waals surface area contributed by atoms with Crippen LogP contribution in [0.15, 0.2) is 48.6 Å². The fourth-order valence-electron chi connectivity index (χ4n) is 2.85. The molecule has 0 aromatic carbocycles. The van der Waals surface area contributed by atoms with Gasteiger partial charge in [0.25, 0.3) is 0 Å². The molecule has 0 spiro atoms. The first-order valence-corrected chi connectivity index (χ1v) is 9.31. The van der Waals surface area contributed by atoms with Crippen molar-refractivity contribution in [2.45, 2.75) is 39.9 Å². The van der Waals surface area contributed by atoms with Crippen molar-refractivity contribution in [2.24, 2.45) is 23.7 Å². The summed E-state index contributed by atoms with van der Waals surface area (Å²) in [7, 11) is 0. The molecule has 152 valence electrons. The van der Waals surface area contributed by atoms with Crippen LogP contribution < -0.4 is 0 Å². The highest BCUT2D eigenvalue weighted by Gasteiger charge is 2.26. The molecular formula is C22H28O6. The van der Waals surface area contributed by atoms with Crippen molar-refractivity contribution in [1.29, 1.82) is 0 Å². The lowest BCUT2D eigenvalue weighted by Gasteiger charge is -2.24. The Morgan fingerprint density at radius 2 is 1.11 bits per heavy atom. The minimum Gasteiger partial charge on any atom is -0.458 e. The van der Waals surface area contributed by atoms with Crippen LogP contribution in [-0.4, -0.2) is 36.7 Å². The normalized spacial score (nSPS) is 33.4. The van der Waals surface area contributed by atoms with Crippen molar-refractivity contribution in [3.63, 3.8) is 0 Å². The molecule has 0 unspecified atom stereocenters. The number of esters is 2. The van der Waals surface area contributed by atoms with Crippen LogP contribution in [0.4, 0.5) is 0 Å². The monoisotopic (exact) mass is 388 g/mol. The average Bonchev–Trinajstić information content (AvgIpc) is 2.68. The zero-order chi connectivity index (χ0) is 21.1. The molecule has 0 aromatic heterocycles. The maximum absolute atomic E-state index is 12.1. The average molecular weight is 388 g/mol. The largest absolute Gasteiger partial charge is 0.458 e. The Kier molecular flexibility index (Phi) is 9.85. The molecule has 6 heteroatoms. The van der Waals surface area contributed by atoms with Crippen molar-refractivity contribution >= 4 is 24.5 Å². The predicted molar refractivity (Wildman–Crippen MR) is 105 cm³/mol. The van der Waals surface area contributed by atoms with Crippen LogP contribution in [0.5, 0.6) is 0 Å². The van der Waals surface area contributed by atoms with Crippen LogP contribution in [0.25, 0.3) is 0 Å². The smallest absolute Gasteiger partial charge is 0.331 e. The third-order valence-corrected chi connectivity index (χ3v) is 4.52. The molecule has 0 radical (unpaired) electrons. The zero-order valence-electron chi connectivity index (χ0n) is 16.7. The summed E-state index contributed by atoms with van der Waals surface area (Å²) in [4.78, 5) is 46.5. The van der Waals surface area contributed by atoms with Gasteiger partial charge in [0.05, 0.1) is 0 Å². The first-order valence-electron chi connectivity index (χ1n) is 9.31. The fourth-order valence-corrected chi connectivity index (χ4v) is 2.85. The fraction of sp³-hybridized carbons (Fsp3) is 0.455. The molecule has 0 N–H and O–H groups in total. The molecular weight excluding hydrogens is 360 g/mol. The Morgan fingerprint density at radius 1 is 0.750 bits per heavy atom. The highest BCUT2D eigenvalue weighted by atomic mass is 16.5. The Hall–Kier alpha value is -2.76. The first kappa shape index (κ1) is 23.3. The summed E-state index contributed by atoms with van der Waals surface area (Å²) in [6, 6.07) is 0. The van der Waals surface area contributed by atoms with Gasteiger partial charge >= 0.3 is 11.9 Å². The maximum atomic E-state index is 12.1. The minimum absolute atomic E-state index is 0.246. The van der Waals surface area contributed by atoms with E-state index in [4.69, 9.17) is 9.47 Å². The Labute approximate surface area is 166 Å². The molecule has 6 atom stereocenters. The summed E-state index contributed by atoms with van der Waals surface area (Å²) < 4.78 is 10.9. The quantitative estimate of drug-likeness (QED) is 0.544. The summed E-state index contributed by atoms with van der Waals surface area (Å²) in [5.74, 6) is -2.56. The van der Waals surface area contributed by atoms with E-state index in [1.54, 1.807) is 38.2 Å². The second-order valence-electron chi connectivity index (χ2n) is 7.00. The number of carbonyl (C=O) groups is 4. The molecule has 1 aliphatic rings. The van der Waals surface area contributed by atoms with Crippen LogP contribution in [-0.2, 0) is 28.7 Å². The number of rotatable bonds is 4. The summed E-state index contributed by atoms with van der Waals surface area (Å²) in [5, 5.41) is 0. The summed E-state index contributed by atoms with van der Waals surface area (Å²) >= 11 is 0. The minimum atomic E-state index is -0.625. The lowest BCUT2D eigenvalue weighted by molar-refractivity contribution is -0.149. The van der Waals surface area contributed by atoms with E-state index in [1.807, 2.05) is 13.8 Å². The van der Waals surface area contributed by atoms with Crippen molar-refractivity contribution in [3.8, 4) is 0 Å². The third-order valence-electron chi connectivity index (χ3n) is 4.52. The number of allylic oxidation sites excluding steroid dienone is 4. The van der Waals surface area contributed by atoms with Gasteiger partial charge in [-0.2, -0.15) is 0 Å². The van der Waals surface area contributed by atoms with Crippen LogP contribution in [0.1, 0.15) is 27.7 Å². The maximum Gasteiger partial charge on any atom is 0.331 e. The lowest BCUT2D eigenvalue weighted by Crippen LogP contribution is -2.31. The van der Waals surface area contributed by atoms with Gasteiger partial charge in [-0.25, -0.2) is 9.59 Å².